The van der Waals surface area contributed by atoms with Gasteiger partial charge in [0.25, 0.3) is 0 Å². The third kappa shape index (κ3) is 3.63. The van der Waals surface area contributed by atoms with Crippen LogP contribution in [0.15, 0.2) is 18.2 Å². The Hall–Kier alpha value is -1.77. The van der Waals surface area contributed by atoms with Gasteiger partial charge in [-0.3, -0.25) is 0 Å². The fourth-order valence-electron chi connectivity index (χ4n) is 1.26. The SMILES string of the molecule is COCC(Nc1ccc(Cl)cc1C#N)C(=O)O. The molecule has 1 aromatic rings. The number of rotatable bonds is 5. The van der Waals surface area contributed by atoms with E-state index in [9.17, 15) is 4.79 Å². The number of aliphatic carboxylic acids is 1. The van der Waals surface area contributed by atoms with E-state index < -0.39 is 12.0 Å². The van der Waals surface area contributed by atoms with Crippen LogP contribution in [0.4, 0.5) is 5.69 Å². The number of nitriles is 1. The van der Waals surface area contributed by atoms with Gasteiger partial charge in [0.05, 0.1) is 17.9 Å². The van der Waals surface area contributed by atoms with Gasteiger partial charge in [-0.25, -0.2) is 4.79 Å². The summed E-state index contributed by atoms with van der Waals surface area (Å²) in [6.45, 7) is 0.00281. The summed E-state index contributed by atoms with van der Waals surface area (Å²) in [6.07, 6.45) is 0. The lowest BCUT2D eigenvalue weighted by atomic mass is 10.1. The number of anilines is 1. The van der Waals surface area contributed by atoms with E-state index in [1.807, 2.05) is 6.07 Å². The molecule has 0 aromatic heterocycles. The van der Waals surface area contributed by atoms with Crippen molar-refractivity contribution in [2.24, 2.45) is 0 Å². The molecular formula is C11H11ClN2O3. The summed E-state index contributed by atoms with van der Waals surface area (Å²) in [6, 6.07) is 5.64. The highest BCUT2D eigenvalue weighted by Gasteiger charge is 2.18. The van der Waals surface area contributed by atoms with Crippen molar-refractivity contribution in [3.8, 4) is 6.07 Å². The van der Waals surface area contributed by atoms with Crippen molar-refractivity contribution < 1.29 is 14.6 Å². The van der Waals surface area contributed by atoms with Crippen molar-refractivity contribution in [3.63, 3.8) is 0 Å². The molecule has 1 rings (SSSR count). The van der Waals surface area contributed by atoms with Gasteiger partial charge in [-0.2, -0.15) is 5.26 Å². The Kier molecular flexibility index (Phi) is 4.76. The number of benzene rings is 1. The van der Waals surface area contributed by atoms with Crippen molar-refractivity contribution in [1.82, 2.24) is 0 Å². The fourth-order valence-corrected chi connectivity index (χ4v) is 1.44. The summed E-state index contributed by atoms with van der Waals surface area (Å²) in [7, 11) is 1.41. The summed E-state index contributed by atoms with van der Waals surface area (Å²) in [5, 5.41) is 21.0. The monoisotopic (exact) mass is 254 g/mol. The highest BCUT2D eigenvalue weighted by molar-refractivity contribution is 6.30. The van der Waals surface area contributed by atoms with E-state index >= 15 is 0 Å². The number of carbonyl (C=O) groups is 1. The molecular weight excluding hydrogens is 244 g/mol. The van der Waals surface area contributed by atoms with E-state index in [1.54, 1.807) is 12.1 Å². The Morgan fingerprint density at radius 3 is 2.94 bits per heavy atom. The van der Waals surface area contributed by atoms with E-state index in [0.717, 1.165) is 0 Å². The molecule has 0 aliphatic carbocycles. The van der Waals surface area contributed by atoms with Gasteiger partial charge < -0.3 is 15.2 Å². The minimum absolute atomic E-state index is 0.00281. The molecule has 0 saturated carbocycles. The minimum Gasteiger partial charge on any atom is -0.480 e. The van der Waals surface area contributed by atoms with Crippen molar-refractivity contribution in [2.75, 3.05) is 19.0 Å². The molecule has 0 saturated heterocycles. The van der Waals surface area contributed by atoms with Crippen LogP contribution in [0.5, 0.6) is 0 Å². The standard InChI is InChI=1S/C11H11ClN2O3/c1-17-6-10(11(15)16)14-9-3-2-8(12)4-7(9)5-13/h2-4,10,14H,6H2,1H3,(H,15,16). The van der Waals surface area contributed by atoms with Gasteiger partial charge in [-0.1, -0.05) is 11.6 Å². The number of halogens is 1. The molecule has 17 heavy (non-hydrogen) atoms. The Morgan fingerprint density at radius 2 is 2.41 bits per heavy atom. The third-order valence-corrected chi connectivity index (χ3v) is 2.30. The normalized spacial score (nSPS) is 11.6. The summed E-state index contributed by atoms with van der Waals surface area (Å²) in [5.74, 6) is -1.05. The van der Waals surface area contributed by atoms with E-state index in [4.69, 9.17) is 26.7 Å². The predicted molar refractivity (Wildman–Crippen MR) is 63.1 cm³/mol. The van der Waals surface area contributed by atoms with Crippen LogP contribution in [0.25, 0.3) is 0 Å². The van der Waals surface area contributed by atoms with E-state index in [0.29, 0.717) is 16.3 Å². The second-order valence-corrected chi connectivity index (χ2v) is 3.73. The second-order valence-electron chi connectivity index (χ2n) is 3.29. The van der Waals surface area contributed by atoms with Crippen LogP contribution in [0, 0.1) is 11.3 Å². The molecule has 6 heteroatoms. The largest absolute Gasteiger partial charge is 0.480 e. The van der Waals surface area contributed by atoms with Crippen molar-refractivity contribution >= 4 is 23.3 Å². The molecule has 1 unspecified atom stereocenters. The fraction of sp³-hybridized carbons (Fsp3) is 0.273. The van der Waals surface area contributed by atoms with Crippen LogP contribution in [0.1, 0.15) is 5.56 Å². The molecule has 0 bridgehead atoms. The zero-order valence-corrected chi connectivity index (χ0v) is 9.86. The molecule has 1 aromatic carbocycles. The number of carboxylic acid groups (broad SMARTS) is 1. The van der Waals surface area contributed by atoms with Crippen molar-refractivity contribution in [1.29, 1.82) is 5.26 Å². The maximum Gasteiger partial charge on any atom is 0.328 e. The number of carboxylic acids is 1. The zero-order valence-electron chi connectivity index (χ0n) is 9.11. The first-order valence-corrected chi connectivity index (χ1v) is 5.14. The summed E-state index contributed by atoms with van der Waals surface area (Å²) < 4.78 is 4.78. The third-order valence-electron chi connectivity index (χ3n) is 2.06. The summed E-state index contributed by atoms with van der Waals surface area (Å²) >= 11 is 5.74. The number of hydrogen-bond acceptors (Lipinski definition) is 4. The predicted octanol–water partition coefficient (Wildman–Crippen LogP) is 1.72. The lowest BCUT2D eigenvalue weighted by Gasteiger charge is -2.15. The average Bonchev–Trinajstić information content (AvgIpc) is 2.30. The lowest BCUT2D eigenvalue weighted by molar-refractivity contribution is -0.139. The molecule has 1 atom stereocenters. The van der Waals surface area contributed by atoms with Crippen LogP contribution in [-0.4, -0.2) is 30.8 Å². The average molecular weight is 255 g/mol. The molecule has 0 spiro atoms. The van der Waals surface area contributed by atoms with Crippen LogP contribution in [-0.2, 0) is 9.53 Å². The quantitative estimate of drug-likeness (QED) is 0.836. The summed E-state index contributed by atoms with van der Waals surface area (Å²) in [4.78, 5) is 10.9. The molecule has 5 nitrogen and oxygen atoms in total. The van der Waals surface area contributed by atoms with Crippen LogP contribution >= 0.6 is 11.6 Å². The molecule has 0 fully saturated rings. The minimum atomic E-state index is -1.05. The molecule has 0 heterocycles. The first-order chi connectivity index (χ1) is 8.08. The highest BCUT2D eigenvalue weighted by atomic mass is 35.5. The van der Waals surface area contributed by atoms with E-state index in [2.05, 4.69) is 5.32 Å². The zero-order chi connectivity index (χ0) is 12.8. The number of nitrogens with one attached hydrogen (secondary N) is 1. The van der Waals surface area contributed by atoms with Crippen LogP contribution in [0.3, 0.4) is 0 Å². The number of methoxy groups -OCH3 is 1. The topological polar surface area (TPSA) is 82.3 Å². The van der Waals surface area contributed by atoms with Gasteiger partial charge in [-0.05, 0) is 18.2 Å². The van der Waals surface area contributed by atoms with Crippen molar-refractivity contribution in [3.05, 3.63) is 28.8 Å². The Balaban J connectivity index is 2.93. The molecule has 0 aliphatic heterocycles. The molecule has 2 N–H and O–H groups in total. The number of ether oxygens (including phenoxy) is 1. The Bertz CT molecular complexity index is 457. The Labute approximate surface area is 104 Å². The lowest BCUT2D eigenvalue weighted by Crippen LogP contribution is -2.33. The van der Waals surface area contributed by atoms with Crippen LogP contribution < -0.4 is 5.32 Å². The first kappa shape index (κ1) is 13.3. The van der Waals surface area contributed by atoms with Gasteiger partial charge in [0.15, 0.2) is 0 Å². The van der Waals surface area contributed by atoms with Gasteiger partial charge in [0.2, 0.25) is 0 Å². The van der Waals surface area contributed by atoms with Gasteiger partial charge in [-0.15, -0.1) is 0 Å². The smallest absolute Gasteiger partial charge is 0.328 e. The Morgan fingerprint density at radius 1 is 1.71 bits per heavy atom. The van der Waals surface area contributed by atoms with Crippen LogP contribution in [0.2, 0.25) is 5.02 Å². The maximum absolute atomic E-state index is 10.9. The molecule has 0 amide bonds. The number of nitrogens with zero attached hydrogens (tertiary/aromatic N) is 1. The highest BCUT2D eigenvalue weighted by Crippen LogP contribution is 2.20. The van der Waals surface area contributed by atoms with Gasteiger partial charge >= 0.3 is 5.97 Å². The first-order valence-electron chi connectivity index (χ1n) is 4.76. The number of hydrogen-bond donors (Lipinski definition) is 2. The molecule has 0 radical (unpaired) electrons. The van der Waals surface area contributed by atoms with E-state index in [1.165, 1.54) is 13.2 Å². The van der Waals surface area contributed by atoms with Crippen molar-refractivity contribution in [2.45, 2.75) is 6.04 Å². The van der Waals surface area contributed by atoms with Gasteiger partial charge in [0.1, 0.15) is 12.1 Å². The second kappa shape index (κ2) is 6.09. The maximum atomic E-state index is 10.9. The molecule has 0 aliphatic rings. The van der Waals surface area contributed by atoms with E-state index in [-0.39, 0.29) is 6.61 Å². The molecule has 90 valence electrons. The van der Waals surface area contributed by atoms with Gasteiger partial charge in [0, 0.05) is 12.1 Å². The summed E-state index contributed by atoms with van der Waals surface area (Å²) in [5.41, 5.74) is 0.709.